The number of hydrogen-bond acceptors (Lipinski definition) is 3. The third-order valence-electron chi connectivity index (χ3n) is 2.78. The number of aromatic nitrogens is 1. The molecular weight excluding hydrogens is 206 g/mol. The van der Waals surface area contributed by atoms with Crippen LogP contribution in [0.2, 0.25) is 0 Å². The van der Waals surface area contributed by atoms with E-state index in [4.69, 9.17) is 14.6 Å². The van der Waals surface area contributed by atoms with Crippen LogP contribution in [0.3, 0.4) is 0 Å². The Morgan fingerprint density at radius 1 is 1.19 bits per heavy atom. The van der Waals surface area contributed by atoms with E-state index in [1.165, 1.54) is 0 Å². The Balaban J connectivity index is 2.14. The predicted octanol–water partition coefficient (Wildman–Crippen LogP) is 1.40. The van der Waals surface area contributed by atoms with Crippen molar-refractivity contribution in [1.82, 2.24) is 4.57 Å². The summed E-state index contributed by atoms with van der Waals surface area (Å²) in [7, 11) is 0. The molecule has 0 unspecified atom stereocenters. The molecule has 2 aromatic rings. The van der Waals surface area contributed by atoms with Crippen LogP contribution in [0.1, 0.15) is 0 Å². The van der Waals surface area contributed by atoms with Gasteiger partial charge in [0.15, 0.2) is 11.5 Å². The van der Waals surface area contributed by atoms with E-state index in [0.29, 0.717) is 19.8 Å². The third kappa shape index (κ3) is 1.42. The minimum Gasteiger partial charge on any atom is -0.486 e. The van der Waals surface area contributed by atoms with E-state index in [1.807, 2.05) is 29.0 Å². The summed E-state index contributed by atoms with van der Waals surface area (Å²) in [5, 5.41) is 10.1. The summed E-state index contributed by atoms with van der Waals surface area (Å²) < 4.78 is 13.1. The maximum Gasteiger partial charge on any atom is 0.163 e. The van der Waals surface area contributed by atoms with Gasteiger partial charge < -0.3 is 19.1 Å². The van der Waals surface area contributed by atoms with E-state index in [-0.39, 0.29) is 6.61 Å². The van der Waals surface area contributed by atoms with Gasteiger partial charge in [-0.3, -0.25) is 0 Å². The molecular formula is C12H13NO3. The largest absolute Gasteiger partial charge is 0.486 e. The van der Waals surface area contributed by atoms with Gasteiger partial charge >= 0.3 is 0 Å². The van der Waals surface area contributed by atoms with Crippen molar-refractivity contribution < 1.29 is 14.6 Å². The molecule has 0 saturated carbocycles. The monoisotopic (exact) mass is 219 g/mol. The predicted molar refractivity (Wildman–Crippen MR) is 60.0 cm³/mol. The van der Waals surface area contributed by atoms with Crippen LogP contribution in [0.5, 0.6) is 11.5 Å². The summed E-state index contributed by atoms with van der Waals surface area (Å²) in [6.07, 6.45) is 1.96. The fourth-order valence-corrected chi connectivity index (χ4v) is 2.03. The van der Waals surface area contributed by atoms with E-state index in [9.17, 15) is 0 Å². The van der Waals surface area contributed by atoms with E-state index >= 15 is 0 Å². The van der Waals surface area contributed by atoms with Crippen LogP contribution in [0.4, 0.5) is 0 Å². The first-order valence-electron chi connectivity index (χ1n) is 5.38. The first-order chi connectivity index (χ1) is 7.88. The number of nitrogens with zero attached hydrogens (tertiary/aromatic N) is 1. The van der Waals surface area contributed by atoms with Crippen molar-refractivity contribution in [1.29, 1.82) is 0 Å². The summed E-state index contributed by atoms with van der Waals surface area (Å²) in [6, 6.07) is 5.97. The molecule has 1 aliphatic heterocycles. The molecule has 0 fully saturated rings. The molecule has 16 heavy (non-hydrogen) atoms. The molecule has 0 amide bonds. The zero-order valence-electron chi connectivity index (χ0n) is 8.85. The van der Waals surface area contributed by atoms with Gasteiger partial charge in [-0.15, -0.1) is 0 Å². The molecule has 2 heterocycles. The zero-order chi connectivity index (χ0) is 11.0. The molecule has 1 aromatic carbocycles. The molecule has 3 rings (SSSR count). The van der Waals surface area contributed by atoms with Gasteiger partial charge in [-0.05, 0) is 12.1 Å². The molecule has 1 N–H and O–H groups in total. The topological polar surface area (TPSA) is 43.6 Å². The lowest BCUT2D eigenvalue weighted by Crippen LogP contribution is -2.15. The summed E-state index contributed by atoms with van der Waals surface area (Å²) in [5.41, 5.74) is 1.07. The highest BCUT2D eigenvalue weighted by Crippen LogP contribution is 2.34. The first kappa shape index (κ1) is 9.54. The van der Waals surface area contributed by atoms with Crippen LogP contribution < -0.4 is 9.47 Å². The van der Waals surface area contributed by atoms with Crippen LogP contribution >= 0.6 is 0 Å². The normalized spacial score (nSPS) is 14.3. The van der Waals surface area contributed by atoms with Gasteiger partial charge in [0.25, 0.3) is 0 Å². The average molecular weight is 219 g/mol. The Kier molecular flexibility index (Phi) is 2.22. The fraction of sp³-hybridized carbons (Fsp3) is 0.333. The van der Waals surface area contributed by atoms with E-state index < -0.39 is 0 Å². The smallest absolute Gasteiger partial charge is 0.163 e. The number of hydrogen-bond donors (Lipinski definition) is 1. The van der Waals surface area contributed by atoms with Crippen molar-refractivity contribution >= 4 is 10.9 Å². The maximum absolute atomic E-state index is 8.96. The summed E-state index contributed by atoms with van der Waals surface area (Å²) in [4.78, 5) is 0. The van der Waals surface area contributed by atoms with Crippen molar-refractivity contribution in [3.8, 4) is 11.5 Å². The van der Waals surface area contributed by atoms with E-state index in [0.717, 1.165) is 22.4 Å². The summed E-state index contributed by atoms with van der Waals surface area (Å²) >= 11 is 0. The molecule has 0 spiro atoms. The number of rotatable bonds is 2. The first-order valence-corrected chi connectivity index (χ1v) is 5.38. The van der Waals surface area contributed by atoms with Gasteiger partial charge in [-0.1, -0.05) is 0 Å². The minimum absolute atomic E-state index is 0.137. The number of fused-ring (bicyclic) bond motifs is 2. The Morgan fingerprint density at radius 2 is 1.94 bits per heavy atom. The van der Waals surface area contributed by atoms with E-state index in [1.54, 1.807) is 0 Å². The summed E-state index contributed by atoms with van der Waals surface area (Å²) in [6.45, 7) is 1.94. The van der Waals surface area contributed by atoms with Crippen LogP contribution in [0, 0.1) is 0 Å². The number of aliphatic hydroxyl groups excluding tert-OH is 1. The highest BCUT2D eigenvalue weighted by molar-refractivity contribution is 5.84. The van der Waals surface area contributed by atoms with Gasteiger partial charge in [0.1, 0.15) is 13.2 Å². The molecule has 84 valence electrons. The standard InChI is InChI=1S/C12H13NO3/c14-4-3-13-2-1-9-7-11-12(8-10(9)13)16-6-5-15-11/h1-2,7-8,14H,3-6H2. The Hall–Kier alpha value is -1.68. The van der Waals surface area contributed by atoms with Gasteiger partial charge in [0, 0.05) is 24.2 Å². The van der Waals surface area contributed by atoms with Gasteiger partial charge in [-0.25, -0.2) is 0 Å². The Morgan fingerprint density at radius 3 is 2.69 bits per heavy atom. The number of aliphatic hydroxyl groups is 1. The fourth-order valence-electron chi connectivity index (χ4n) is 2.03. The van der Waals surface area contributed by atoms with Crippen molar-refractivity contribution in [3.63, 3.8) is 0 Å². The third-order valence-corrected chi connectivity index (χ3v) is 2.78. The van der Waals surface area contributed by atoms with Crippen molar-refractivity contribution in [2.45, 2.75) is 6.54 Å². The van der Waals surface area contributed by atoms with Crippen LogP contribution in [0.15, 0.2) is 24.4 Å². The maximum atomic E-state index is 8.96. The zero-order valence-corrected chi connectivity index (χ0v) is 8.85. The Labute approximate surface area is 93.0 Å². The second kappa shape index (κ2) is 3.72. The second-order valence-corrected chi connectivity index (χ2v) is 3.79. The summed E-state index contributed by atoms with van der Waals surface area (Å²) in [5.74, 6) is 1.59. The van der Waals surface area contributed by atoms with Crippen molar-refractivity contribution in [2.75, 3.05) is 19.8 Å². The molecule has 1 aliphatic rings. The quantitative estimate of drug-likeness (QED) is 0.830. The van der Waals surface area contributed by atoms with Gasteiger partial charge in [0.2, 0.25) is 0 Å². The molecule has 0 radical (unpaired) electrons. The van der Waals surface area contributed by atoms with Crippen LogP contribution in [0.25, 0.3) is 10.9 Å². The number of benzene rings is 1. The van der Waals surface area contributed by atoms with Crippen LogP contribution in [-0.4, -0.2) is 29.5 Å². The molecule has 4 nitrogen and oxygen atoms in total. The van der Waals surface area contributed by atoms with Gasteiger partial charge in [-0.2, -0.15) is 0 Å². The minimum atomic E-state index is 0.137. The average Bonchev–Trinajstić information content (AvgIpc) is 2.70. The van der Waals surface area contributed by atoms with Crippen molar-refractivity contribution in [3.05, 3.63) is 24.4 Å². The van der Waals surface area contributed by atoms with Crippen LogP contribution in [-0.2, 0) is 6.54 Å². The highest BCUT2D eigenvalue weighted by Gasteiger charge is 2.13. The SMILES string of the molecule is OCCn1ccc2cc3c(cc21)OCCO3. The lowest BCUT2D eigenvalue weighted by molar-refractivity contribution is 0.172. The lowest BCUT2D eigenvalue weighted by Gasteiger charge is -2.18. The lowest BCUT2D eigenvalue weighted by atomic mass is 10.2. The molecule has 0 saturated heterocycles. The Bertz CT molecular complexity index is 518. The second-order valence-electron chi connectivity index (χ2n) is 3.79. The molecule has 0 aliphatic carbocycles. The van der Waals surface area contributed by atoms with E-state index in [2.05, 4.69) is 0 Å². The van der Waals surface area contributed by atoms with Crippen molar-refractivity contribution in [2.24, 2.45) is 0 Å². The molecule has 4 heteroatoms. The highest BCUT2D eigenvalue weighted by atomic mass is 16.6. The molecule has 0 bridgehead atoms. The number of ether oxygens (including phenoxy) is 2. The molecule has 0 atom stereocenters. The van der Waals surface area contributed by atoms with Gasteiger partial charge in [0.05, 0.1) is 12.1 Å². The molecule has 1 aromatic heterocycles.